The van der Waals surface area contributed by atoms with Crippen LogP contribution in [0.4, 0.5) is 0 Å². The summed E-state index contributed by atoms with van der Waals surface area (Å²) in [4.78, 5) is 12.9. The zero-order valence-electron chi connectivity index (χ0n) is 18.0. The maximum absolute atomic E-state index is 13.4. The highest BCUT2D eigenvalue weighted by molar-refractivity contribution is 7.89. The van der Waals surface area contributed by atoms with Gasteiger partial charge in [0.25, 0.3) is 0 Å². The van der Waals surface area contributed by atoms with Crippen molar-refractivity contribution in [3.8, 4) is 11.5 Å². The van der Waals surface area contributed by atoms with Crippen molar-refractivity contribution in [2.45, 2.75) is 24.9 Å². The van der Waals surface area contributed by atoms with Crippen LogP contribution < -0.4 is 14.8 Å². The first kappa shape index (κ1) is 23.1. The average molecular weight is 487 g/mol. The number of benzene rings is 3. The Kier molecular flexibility index (Phi) is 6.88. The molecule has 0 radical (unpaired) electrons. The third-order valence-corrected chi connectivity index (χ3v) is 7.19. The minimum Gasteiger partial charge on any atom is -0.454 e. The normalized spacial score (nSPS) is 12.7. The fourth-order valence-corrected chi connectivity index (χ4v) is 4.99. The lowest BCUT2D eigenvalue weighted by atomic mass is 10.2. The number of rotatable bonds is 8. The van der Waals surface area contributed by atoms with Crippen LogP contribution in [-0.4, -0.2) is 32.0 Å². The molecular weight excluding hydrogens is 464 g/mol. The van der Waals surface area contributed by atoms with Gasteiger partial charge in [-0.15, -0.1) is 0 Å². The monoisotopic (exact) mass is 486 g/mol. The molecule has 0 atom stereocenters. The number of ether oxygens (including phenoxy) is 2. The molecule has 0 aromatic heterocycles. The fourth-order valence-electron chi connectivity index (χ4n) is 3.39. The summed E-state index contributed by atoms with van der Waals surface area (Å²) in [5.41, 5.74) is 2.44. The third-order valence-electron chi connectivity index (χ3n) is 5.15. The Morgan fingerprint density at radius 2 is 1.76 bits per heavy atom. The second-order valence-electron chi connectivity index (χ2n) is 7.68. The summed E-state index contributed by atoms with van der Waals surface area (Å²) in [5, 5.41) is 3.28. The number of sulfonamides is 1. The van der Waals surface area contributed by atoms with Gasteiger partial charge in [-0.25, -0.2) is 8.42 Å². The van der Waals surface area contributed by atoms with Crippen LogP contribution in [0, 0.1) is 6.92 Å². The van der Waals surface area contributed by atoms with E-state index in [2.05, 4.69) is 5.32 Å². The number of nitrogens with zero attached hydrogens (tertiary/aromatic N) is 1. The molecule has 1 aliphatic rings. The summed E-state index contributed by atoms with van der Waals surface area (Å²) >= 11 is 6.07. The van der Waals surface area contributed by atoms with E-state index >= 15 is 0 Å². The van der Waals surface area contributed by atoms with E-state index in [9.17, 15) is 13.2 Å². The maximum atomic E-state index is 13.4. The SMILES string of the molecule is Cc1ccc(S(=O)(=O)N(CC(=O)NCc2ccc3c(c2)OCO3)Cc2cccc(Cl)c2)cc1. The molecule has 1 N–H and O–H groups in total. The number of hydrogen-bond donors (Lipinski definition) is 1. The molecule has 0 aliphatic carbocycles. The van der Waals surface area contributed by atoms with E-state index in [0.29, 0.717) is 22.1 Å². The number of halogens is 1. The van der Waals surface area contributed by atoms with E-state index in [4.69, 9.17) is 21.1 Å². The zero-order chi connectivity index (χ0) is 23.4. The third kappa shape index (κ3) is 5.65. The highest BCUT2D eigenvalue weighted by Crippen LogP contribution is 2.32. The summed E-state index contributed by atoms with van der Waals surface area (Å²) in [6.07, 6.45) is 0. The van der Waals surface area contributed by atoms with Crippen LogP contribution in [0.25, 0.3) is 0 Å². The molecule has 0 bridgehead atoms. The molecule has 0 saturated carbocycles. The van der Waals surface area contributed by atoms with E-state index in [1.807, 2.05) is 13.0 Å². The number of fused-ring (bicyclic) bond motifs is 1. The Hall–Kier alpha value is -3.07. The van der Waals surface area contributed by atoms with Gasteiger partial charge in [-0.05, 0) is 54.4 Å². The van der Waals surface area contributed by atoms with E-state index in [1.54, 1.807) is 60.7 Å². The first-order chi connectivity index (χ1) is 15.8. The van der Waals surface area contributed by atoms with Gasteiger partial charge >= 0.3 is 0 Å². The predicted molar refractivity (Wildman–Crippen MR) is 125 cm³/mol. The number of aryl methyl sites for hydroxylation is 1. The van der Waals surface area contributed by atoms with Crippen LogP contribution in [0.15, 0.2) is 71.6 Å². The molecule has 7 nitrogen and oxygen atoms in total. The van der Waals surface area contributed by atoms with Gasteiger partial charge in [0.15, 0.2) is 11.5 Å². The van der Waals surface area contributed by atoms with Crippen LogP contribution in [0.2, 0.25) is 5.02 Å². The second-order valence-corrected chi connectivity index (χ2v) is 10.1. The van der Waals surface area contributed by atoms with Crippen molar-refractivity contribution in [2.75, 3.05) is 13.3 Å². The van der Waals surface area contributed by atoms with Crippen molar-refractivity contribution in [1.82, 2.24) is 9.62 Å². The largest absolute Gasteiger partial charge is 0.454 e. The lowest BCUT2D eigenvalue weighted by Gasteiger charge is -2.22. The van der Waals surface area contributed by atoms with Crippen LogP contribution in [0.1, 0.15) is 16.7 Å². The standard InChI is InChI=1S/C24H23ClN2O5S/c1-17-5-8-21(9-6-17)33(29,30)27(14-19-3-2-4-20(25)11-19)15-24(28)26-13-18-7-10-22-23(12-18)32-16-31-22/h2-12H,13-16H2,1H3,(H,26,28). The predicted octanol–water partition coefficient (Wildman–Crippen LogP) is 3.88. The molecule has 0 unspecified atom stereocenters. The fraction of sp³-hybridized carbons (Fsp3) is 0.208. The summed E-state index contributed by atoms with van der Waals surface area (Å²) < 4.78 is 38.5. The minimum atomic E-state index is -3.92. The van der Waals surface area contributed by atoms with E-state index in [-0.39, 0.29) is 31.3 Å². The lowest BCUT2D eigenvalue weighted by Crippen LogP contribution is -2.40. The molecule has 0 fully saturated rings. The molecule has 9 heteroatoms. The van der Waals surface area contributed by atoms with E-state index in [1.165, 1.54) is 0 Å². The Bertz CT molecular complexity index is 1260. The first-order valence-electron chi connectivity index (χ1n) is 10.3. The Balaban J connectivity index is 1.51. The Morgan fingerprint density at radius 1 is 1.00 bits per heavy atom. The number of nitrogens with one attached hydrogen (secondary N) is 1. The minimum absolute atomic E-state index is 0.00815. The molecule has 3 aromatic rings. The number of carbonyl (C=O) groups is 1. The van der Waals surface area contributed by atoms with Crippen molar-refractivity contribution >= 4 is 27.5 Å². The van der Waals surface area contributed by atoms with Crippen LogP contribution in [0.5, 0.6) is 11.5 Å². The molecule has 172 valence electrons. The van der Waals surface area contributed by atoms with Crippen molar-refractivity contribution in [2.24, 2.45) is 0 Å². The maximum Gasteiger partial charge on any atom is 0.243 e. The zero-order valence-corrected chi connectivity index (χ0v) is 19.5. The molecule has 1 aliphatic heterocycles. The quantitative estimate of drug-likeness (QED) is 0.522. The number of hydrogen-bond acceptors (Lipinski definition) is 5. The Labute approximate surface area is 197 Å². The first-order valence-corrected chi connectivity index (χ1v) is 12.1. The van der Waals surface area contributed by atoms with Gasteiger partial charge in [0.1, 0.15) is 0 Å². The van der Waals surface area contributed by atoms with Gasteiger partial charge in [0.2, 0.25) is 22.7 Å². The molecular formula is C24H23ClN2O5S. The molecule has 1 heterocycles. The summed E-state index contributed by atoms with van der Waals surface area (Å²) in [6, 6.07) is 18.8. The molecule has 3 aromatic carbocycles. The summed E-state index contributed by atoms with van der Waals surface area (Å²) in [7, 11) is -3.92. The van der Waals surface area contributed by atoms with E-state index in [0.717, 1.165) is 15.4 Å². The molecule has 4 rings (SSSR count). The smallest absolute Gasteiger partial charge is 0.243 e. The van der Waals surface area contributed by atoms with Crippen molar-refractivity contribution in [1.29, 1.82) is 0 Å². The van der Waals surface area contributed by atoms with Crippen molar-refractivity contribution in [3.63, 3.8) is 0 Å². The van der Waals surface area contributed by atoms with Gasteiger partial charge in [-0.2, -0.15) is 4.31 Å². The molecule has 0 saturated heterocycles. The molecule has 1 amide bonds. The number of amides is 1. The van der Waals surface area contributed by atoms with E-state index < -0.39 is 15.9 Å². The van der Waals surface area contributed by atoms with Crippen LogP contribution in [-0.2, 0) is 27.9 Å². The van der Waals surface area contributed by atoms with Gasteiger partial charge in [0, 0.05) is 18.1 Å². The highest BCUT2D eigenvalue weighted by atomic mass is 35.5. The van der Waals surface area contributed by atoms with Gasteiger partial charge in [-0.3, -0.25) is 4.79 Å². The molecule has 0 spiro atoms. The summed E-state index contributed by atoms with van der Waals surface area (Å²) in [6.45, 7) is 1.94. The van der Waals surface area contributed by atoms with Gasteiger partial charge in [0.05, 0.1) is 11.4 Å². The summed E-state index contributed by atoms with van der Waals surface area (Å²) in [5.74, 6) is 0.846. The van der Waals surface area contributed by atoms with Gasteiger partial charge < -0.3 is 14.8 Å². The van der Waals surface area contributed by atoms with Crippen molar-refractivity contribution in [3.05, 3.63) is 88.4 Å². The molecule has 33 heavy (non-hydrogen) atoms. The number of carbonyl (C=O) groups excluding carboxylic acids is 1. The highest BCUT2D eigenvalue weighted by Gasteiger charge is 2.27. The Morgan fingerprint density at radius 3 is 2.52 bits per heavy atom. The average Bonchev–Trinajstić information content (AvgIpc) is 3.25. The van der Waals surface area contributed by atoms with Crippen LogP contribution >= 0.6 is 11.6 Å². The second kappa shape index (κ2) is 9.82. The van der Waals surface area contributed by atoms with Crippen LogP contribution in [0.3, 0.4) is 0 Å². The van der Waals surface area contributed by atoms with Gasteiger partial charge in [-0.1, -0.05) is 47.5 Å². The topological polar surface area (TPSA) is 84.9 Å². The lowest BCUT2D eigenvalue weighted by molar-refractivity contribution is -0.121. The van der Waals surface area contributed by atoms with Crippen molar-refractivity contribution < 1.29 is 22.7 Å².